The molecular weight excluding hydrogens is 393 g/mol. The van der Waals surface area contributed by atoms with E-state index in [0.29, 0.717) is 40.0 Å². The lowest BCUT2D eigenvalue weighted by atomic mass is 10.0. The highest BCUT2D eigenvalue weighted by Crippen LogP contribution is 2.40. The number of H-pyrrole nitrogens is 1. The summed E-state index contributed by atoms with van der Waals surface area (Å²) in [7, 11) is 0. The molecule has 1 aromatic carbocycles. The number of aromatic amines is 1. The monoisotopic (exact) mass is 413 g/mol. The Kier molecular flexibility index (Phi) is 4.58. The van der Waals surface area contributed by atoms with Gasteiger partial charge < -0.3 is 10.2 Å². The van der Waals surface area contributed by atoms with Crippen LogP contribution in [-0.4, -0.2) is 31.7 Å². The molecule has 150 valence electrons. The topological polar surface area (TPSA) is 82.6 Å². The van der Waals surface area contributed by atoms with Crippen molar-refractivity contribution in [2.24, 2.45) is 0 Å². The molecule has 2 N–H and O–H groups in total. The predicted octanol–water partition coefficient (Wildman–Crippen LogP) is 4.66. The summed E-state index contributed by atoms with van der Waals surface area (Å²) in [5.74, 6) is 2.54. The van der Waals surface area contributed by atoms with Gasteiger partial charge in [-0.3, -0.25) is 5.10 Å². The molecule has 1 aliphatic heterocycles. The molecule has 1 atom stereocenters. The quantitative estimate of drug-likeness (QED) is 0.633. The minimum absolute atomic E-state index is 0.131. The fourth-order valence-corrected chi connectivity index (χ4v) is 4.03. The Hall–Kier alpha value is -2.74. The maximum atomic E-state index is 14.5. The summed E-state index contributed by atoms with van der Waals surface area (Å²) in [5, 5.41) is 10.9. The van der Waals surface area contributed by atoms with Crippen LogP contribution in [0, 0.1) is 12.7 Å². The van der Waals surface area contributed by atoms with Gasteiger partial charge >= 0.3 is 0 Å². The van der Waals surface area contributed by atoms with E-state index in [1.165, 1.54) is 18.9 Å². The molecule has 0 radical (unpaired) electrons. The molecule has 2 fully saturated rings. The Labute approximate surface area is 172 Å². The Morgan fingerprint density at radius 1 is 1.17 bits per heavy atom. The number of halogens is 2. The summed E-state index contributed by atoms with van der Waals surface area (Å²) in [4.78, 5) is 15.5. The highest BCUT2D eigenvalue weighted by molar-refractivity contribution is 6.30. The third-order valence-electron chi connectivity index (χ3n) is 5.42. The molecule has 1 aliphatic carbocycles. The van der Waals surface area contributed by atoms with Crippen molar-refractivity contribution in [1.82, 2.24) is 25.1 Å². The Balaban J connectivity index is 1.42. The number of hydrogen-bond donors (Lipinski definition) is 2. The van der Waals surface area contributed by atoms with Crippen LogP contribution in [0.4, 0.5) is 22.1 Å². The first kappa shape index (κ1) is 18.3. The van der Waals surface area contributed by atoms with Gasteiger partial charge in [-0.15, -0.1) is 0 Å². The zero-order valence-electron chi connectivity index (χ0n) is 16.0. The number of aryl methyl sites for hydroxylation is 1. The first-order valence-electron chi connectivity index (χ1n) is 9.83. The number of rotatable bonds is 5. The van der Waals surface area contributed by atoms with Crippen LogP contribution in [-0.2, 0) is 0 Å². The van der Waals surface area contributed by atoms with E-state index < -0.39 is 0 Å². The molecule has 0 amide bonds. The van der Waals surface area contributed by atoms with Crippen molar-refractivity contribution >= 4 is 29.3 Å². The normalized spacial score (nSPS) is 19.0. The van der Waals surface area contributed by atoms with Crippen molar-refractivity contribution in [2.75, 3.05) is 16.8 Å². The lowest BCUT2D eigenvalue weighted by molar-refractivity contribution is 0.577. The summed E-state index contributed by atoms with van der Waals surface area (Å²) < 4.78 is 14.5. The largest absolute Gasteiger partial charge is 0.334 e. The fraction of sp³-hybridized carbons (Fsp3) is 0.400. The zero-order valence-corrected chi connectivity index (χ0v) is 16.7. The van der Waals surface area contributed by atoms with Gasteiger partial charge in [0, 0.05) is 34.8 Å². The fourth-order valence-electron chi connectivity index (χ4n) is 3.87. The number of nitrogens with zero attached hydrogens (tertiary/aromatic N) is 5. The van der Waals surface area contributed by atoms with Crippen molar-refractivity contribution < 1.29 is 4.39 Å². The van der Waals surface area contributed by atoms with E-state index in [-0.39, 0.29) is 11.9 Å². The van der Waals surface area contributed by atoms with Crippen LogP contribution in [0.2, 0.25) is 5.02 Å². The number of benzene rings is 1. The van der Waals surface area contributed by atoms with Crippen LogP contribution in [0.3, 0.4) is 0 Å². The van der Waals surface area contributed by atoms with E-state index >= 15 is 0 Å². The molecule has 0 spiro atoms. The van der Waals surface area contributed by atoms with E-state index in [4.69, 9.17) is 11.6 Å². The molecule has 1 saturated heterocycles. The highest BCUT2D eigenvalue weighted by Gasteiger charge is 2.31. The number of hydrogen-bond acceptors (Lipinski definition) is 6. The minimum atomic E-state index is -0.303. The van der Waals surface area contributed by atoms with Gasteiger partial charge in [0.25, 0.3) is 0 Å². The first-order valence-corrected chi connectivity index (χ1v) is 10.2. The maximum absolute atomic E-state index is 14.5. The van der Waals surface area contributed by atoms with Crippen LogP contribution >= 0.6 is 11.6 Å². The molecule has 1 saturated carbocycles. The molecule has 9 heteroatoms. The van der Waals surface area contributed by atoms with E-state index in [1.807, 2.05) is 17.9 Å². The van der Waals surface area contributed by atoms with E-state index in [0.717, 1.165) is 25.1 Å². The minimum Gasteiger partial charge on any atom is -0.334 e. The predicted molar refractivity (Wildman–Crippen MR) is 109 cm³/mol. The van der Waals surface area contributed by atoms with Crippen molar-refractivity contribution in [3.63, 3.8) is 0 Å². The van der Waals surface area contributed by atoms with Gasteiger partial charge in [0.05, 0.1) is 6.04 Å². The molecule has 3 aromatic rings. The maximum Gasteiger partial charge on any atom is 0.233 e. The lowest BCUT2D eigenvalue weighted by Gasteiger charge is -2.25. The molecule has 7 nitrogen and oxygen atoms in total. The third-order valence-corrected chi connectivity index (χ3v) is 5.66. The van der Waals surface area contributed by atoms with Crippen molar-refractivity contribution in [2.45, 2.75) is 44.6 Å². The molecule has 2 aliphatic rings. The molecule has 1 unspecified atom stereocenters. The van der Waals surface area contributed by atoms with E-state index in [1.54, 1.807) is 12.1 Å². The van der Waals surface area contributed by atoms with Gasteiger partial charge in [-0.2, -0.15) is 20.1 Å². The first-order chi connectivity index (χ1) is 14.1. The average Bonchev–Trinajstić information content (AvgIpc) is 3.22. The summed E-state index contributed by atoms with van der Waals surface area (Å²) >= 11 is 5.92. The van der Waals surface area contributed by atoms with Gasteiger partial charge in [-0.05, 0) is 44.7 Å². The summed E-state index contributed by atoms with van der Waals surface area (Å²) in [6, 6.07) is 6.69. The molecule has 5 rings (SSSR count). The number of anilines is 3. The van der Waals surface area contributed by atoms with Crippen molar-refractivity contribution in [3.8, 4) is 0 Å². The van der Waals surface area contributed by atoms with Crippen LogP contribution in [0.1, 0.15) is 54.7 Å². The van der Waals surface area contributed by atoms with Gasteiger partial charge in [-0.25, -0.2) is 4.39 Å². The zero-order chi connectivity index (χ0) is 20.0. The van der Waals surface area contributed by atoms with Crippen LogP contribution < -0.4 is 10.2 Å². The smallest absolute Gasteiger partial charge is 0.233 e. The van der Waals surface area contributed by atoms with Crippen molar-refractivity contribution in [3.05, 3.63) is 52.2 Å². The average molecular weight is 414 g/mol. The van der Waals surface area contributed by atoms with Crippen molar-refractivity contribution in [1.29, 1.82) is 0 Å². The van der Waals surface area contributed by atoms with E-state index in [2.05, 4.69) is 30.5 Å². The molecule has 0 bridgehead atoms. The summed E-state index contributed by atoms with van der Waals surface area (Å²) in [5.41, 5.74) is 1.75. The third kappa shape index (κ3) is 3.76. The van der Waals surface area contributed by atoms with Gasteiger partial charge in [0.15, 0.2) is 5.82 Å². The molecule has 29 heavy (non-hydrogen) atoms. The Morgan fingerprint density at radius 3 is 2.83 bits per heavy atom. The van der Waals surface area contributed by atoms with Gasteiger partial charge in [0.2, 0.25) is 11.9 Å². The Morgan fingerprint density at radius 2 is 2.03 bits per heavy atom. The number of aromatic nitrogens is 5. The second kappa shape index (κ2) is 7.26. The van der Waals surface area contributed by atoms with Gasteiger partial charge in [0.1, 0.15) is 11.6 Å². The number of nitrogens with one attached hydrogen (secondary N) is 2. The Bertz CT molecular complexity index is 1050. The van der Waals surface area contributed by atoms with E-state index in [9.17, 15) is 4.39 Å². The summed E-state index contributed by atoms with van der Waals surface area (Å²) in [6.07, 6.45) is 4.17. The van der Waals surface area contributed by atoms with Gasteiger partial charge in [-0.1, -0.05) is 17.7 Å². The van der Waals surface area contributed by atoms with Crippen LogP contribution in [0.15, 0.2) is 24.3 Å². The highest BCUT2D eigenvalue weighted by atomic mass is 35.5. The molecule has 3 heterocycles. The SMILES string of the molecule is Cc1nc(Nc2cc(C3CC3)[nH]n2)nc(N2CCCC2c2ccc(Cl)cc2F)n1. The lowest BCUT2D eigenvalue weighted by Crippen LogP contribution is -2.26. The van der Waals surface area contributed by atoms with Crippen LogP contribution in [0.25, 0.3) is 0 Å². The van der Waals surface area contributed by atoms with Crippen LogP contribution in [0.5, 0.6) is 0 Å². The molecular formula is C20H21ClFN7. The standard InChI is InChI=1S/C20H21ClFN7/c1-11-23-19(25-18-10-16(27-28-18)12-4-5-12)26-20(24-11)29-8-2-3-17(29)14-7-6-13(21)9-15(14)22/h6-7,9-10,12,17H,2-5,8H2,1H3,(H2,23,24,25,26,27,28). The molecule has 2 aromatic heterocycles. The summed E-state index contributed by atoms with van der Waals surface area (Å²) in [6.45, 7) is 2.58. The second-order valence-electron chi connectivity index (χ2n) is 7.63. The second-order valence-corrected chi connectivity index (χ2v) is 8.07.